The third-order valence-corrected chi connectivity index (χ3v) is 5.88. The summed E-state index contributed by atoms with van der Waals surface area (Å²) in [6, 6.07) is 3.55. The van der Waals surface area contributed by atoms with Gasteiger partial charge in [0.05, 0.1) is 12.1 Å². The molecule has 6 heteroatoms. The van der Waals surface area contributed by atoms with Crippen LogP contribution in [0.5, 0.6) is 0 Å². The third kappa shape index (κ3) is 5.10. The average Bonchev–Trinajstić information content (AvgIpc) is 2.73. The van der Waals surface area contributed by atoms with Crippen LogP contribution >= 0.6 is 0 Å². The topological polar surface area (TPSA) is 71.5 Å². The van der Waals surface area contributed by atoms with Crippen LogP contribution in [0.4, 0.5) is 0 Å². The van der Waals surface area contributed by atoms with Crippen LogP contribution < -0.4 is 5.32 Å². The minimum Gasteiger partial charge on any atom is -0.376 e. The number of amides is 2. The van der Waals surface area contributed by atoms with E-state index in [0.29, 0.717) is 18.7 Å². The Kier molecular flexibility index (Phi) is 7.43. The second-order valence-electron chi connectivity index (χ2n) is 8.05. The number of aromatic nitrogens is 1. The molecule has 1 saturated heterocycles. The first-order valence-electron chi connectivity index (χ1n) is 10.7. The molecule has 154 valence electrons. The number of carbonyl (C=O) groups is 2. The Balaban J connectivity index is 1.68. The zero-order valence-corrected chi connectivity index (χ0v) is 17.2. The van der Waals surface area contributed by atoms with Crippen molar-refractivity contribution in [2.24, 2.45) is 5.92 Å². The summed E-state index contributed by atoms with van der Waals surface area (Å²) in [5.74, 6) is 0.0379. The molecular formula is C22H33N3O3. The predicted molar refractivity (Wildman–Crippen MR) is 108 cm³/mol. The summed E-state index contributed by atoms with van der Waals surface area (Å²) in [6.07, 6.45) is 8.21. The van der Waals surface area contributed by atoms with Crippen LogP contribution in [0.1, 0.15) is 67.9 Å². The van der Waals surface area contributed by atoms with Gasteiger partial charge in [-0.3, -0.25) is 14.6 Å². The van der Waals surface area contributed by atoms with E-state index < -0.39 is 0 Å². The highest BCUT2D eigenvalue weighted by molar-refractivity contribution is 5.93. The average molecular weight is 388 g/mol. The molecule has 6 nitrogen and oxygen atoms in total. The molecule has 1 aliphatic heterocycles. The highest BCUT2D eigenvalue weighted by atomic mass is 16.5. The zero-order valence-electron chi connectivity index (χ0n) is 17.2. The second-order valence-corrected chi connectivity index (χ2v) is 8.05. The Labute approximate surface area is 168 Å². The Hall–Kier alpha value is -1.95. The lowest BCUT2D eigenvalue weighted by Gasteiger charge is -2.38. The first-order chi connectivity index (χ1) is 13.6. The maximum atomic E-state index is 13.0. The third-order valence-electron chi connectivity index (χ3n) is 5.88. The van der Waals surface area contributed by atoms with Gasteiger partial charge in [0.1, 0.15) is 5.69 Å². The molecule has 1 aliphatic carbocycles. The Morgan fingerprint density at radius 2 is 2.04 bits per heavy atom. The van der Waals surface area contributed by atoms with Gasteiger partial charge >= 0.3 is 0 Å². The molecule has 0 radical (unpaired) electrons. The van der Waals surface area contributed by atoms with Gasteiger partial charge in [-0.2, -0.15) is 0 Å². The van der Waals surface area contributed by atoms with E-state index in [1.165, 1.54) is 6.42 Å². The largest absolute Gasteiger partial charge is 0.376 e. The number of carbonyl (C=O) groups excluding carboxylic acids is 2. The zero-order chi connectivity index (χ0) is 19.9. The molecule has 1 aromatic heterocycles. The predicted octanol–water partition coefficient (Wildman–Crippen LogP) is 3.10. The van der Waals surface area contributed by atoms with Crippen molar-refractivity contribution in [3.05, 3.63) is 29.6 Å². The normalized spacial score (nSPS) is 25.4. The molecule has 0 unspecified atom stereocenters. The Morgan fingerprint density at radius 3 is 2.75 bits per heavy atom. The van der Waals surface area contributed by atoms with Gasteiger partial charge in [-0.1, -0.05) is 13.0 Å². The van der Waals surface area contributed by atoms with E-state index in [4.69, 9.17) is 4.74 Å². The van der Waals surface area contributed by atoms with Crippen LogP contribution in [0.2, 0.25) is 0 Å². The van der Waals surface area contributed by atoms with Crippen LogP contribution in [0.15, 0.2) is 18.3 Å². The van der Waals surface area contributed by atoms with Gasteiger partial charge in [-0.15, -0.1) is 0 Å². The standard InChI is InChI=1S/C22H33N3O3/c1-3-14-28-19-10-9-17(22(27)25-12-5-4-6-13-25)15-18(19)24-21(26)20-16(2)8-7-11-23-20/h7-8,11,17-19H,3-6,9-10,12-15H2,1-2H3,(H,24,26)/t17-,18+,19+/m0/s1. The van der Waals surface area contributed by atoms with E-state index in [1.54, 1.807) is 6.20 Å². The van der Waals surface area contributed by atoms with Gasteiger partial charge in [-0.05, 0) is 63.5 Å². The summed E-state index contributed by atoms with van der Waals surface area (Å²) in [5.41, 5.74) is 1.30. The van der Waals surface area contributed by atoms with Crippen molar-refractivity contribution in [2.45, 2.75) is 70.9 Å². The fraction of sp³-hybridized carbons (Fsp3) is 0.682. The molecule has 2 amide bonds. The highest BCUT2D eigenvalue weighted by Crippen LogP contribution is 2.29. The fourth-order valence-corrected chi connectivity index (χ4v) is 4.32. The van der Waals surface area contributed by atoms with E-state index in [-0.39, 0.29) is 29.9 Å². The molecule has 3 rings (SSSR count). The molecule has 1 N–H and O–H groups in total. The number of rotatable bonds is 6. The van der Waals surface area contributed by atoms with E-state index >= 15 is 0 Å². The van der Waals surface area contributed by atoms with Gasteiger partial charge in [0, 0.05) is 31.8 Å². The van der Waals surface area contributed by atoms with Crippen LogP contribution in [0.25, 0.3) is 0 Å². The number of hydrogen-bond donors (Lipinski definition) is 1. The first kappa shape index (κ1) is 20.8. The van der Waals surface area contributed by atoms with Gasteiger partial charge in [0.2, 0.25) is 5.91 Å². The highest BCUT2D eigenvalue weighted by Gasteiger charge is 2.37. The van der Waals surface area contributed by atoms with Crippen molar-refractivity contribution in [2.75, 3.05) is 19.7 Å². The van der Waals surface area contributed by atoms with E-state index in [2.05, 4.69) is 17.2 Å². The lowest BCUT2D eigenvalue weighted by molar-refractivity contribution is -0.139. The lowest BCUT2D eigenvalue weighted by Crippen LogP contribution is -2.51. The van der Waals surface area contributed by atoms with E-state index in [0.717, 1.165) is 50.8 Å². The summed E-state index contributed by atoms with van der Waals surface area (Å²) < 4.78 is 6.03. The minimum atomic E-state index is -0.181. The number of aryl methyl sites for hydroxylation is 1. The second kappa shape index (κ2) is 10.0. The van der Waals surface area contributed by atoms with Crippen LogP contribution in [0, 0.1) is 12.8 Å². The van der Waals surface area contributed by atoms with Gasteiger partial charge in [-0.25, -0.2) is 0 Å². The van der Waals surface area contributed by atoms with E-state index in [9.17, 15) is 9.59 Å². The molecule has 1 aromatic rings. The van der Waals surface area contributed by atoms with Crippen LogP contribution in [0.3, 0.4) is 0 Å². The molecule has 28 heavy (non-hydrogen) atoms. The molecule has 2 heterocycles. The molecular weight excluding hydrogens is 354 g/mol. The number of nitrogens with one attached hydrogen (secondary N) is 1. The summed E-state index contributed by atoms with van der Waals surface area (Å²) >= 11 is 0. The number of ether oxygens (including phenoxy) is 1. The molecule has 0 bridgehead atoms. The minimum absolute atomic E-state index is 0.0327. The molecule has 3 atom stereocenters. The van der Waals surface area contributed by atoms with Gasteiger partial charge < -0.3 is 15.0 Å². The number of nitrogens with zero attached hydrogens (tertiary/aromatic N) is 2. The fourth-order valence-electron chi connectivity index (χ4n) is 4.32. The monoisotopic (exact) mass is 387 g/mol. The van der Waals surface area contributed by atoms with Gasteiger partial charge in [0.15, 0.2) is 0 Å². The first-order valence-corrected chi connectivity index (χ1v) is 10.7. The summed E-state index contributed by atoms with van der Waals surface area (Å²) in [4.78, 5) is 32.0. The molecule has 0 aromatic carbocycles. The maximum absolute atomic E-state index is 13.0. The quantitative estimate of drug-likeness (QED) is 0.814. The summed E-state index contributed by atoms with van der Waals surface area (Å²) in [6.45, 7) is 6.38. The van der Waals surface area contributed by atoms with Crippen molar-refractivity contribution < 1.29 is 14.3 Å². The van der Waals surface area contributed by atoms with Crippen molar-refractivity contribution in [3.63, 3.8) is 0 Å². The number of likely N-dealkylation sites (tertiary alicyclic amines) is 1. The SMILES string of the molecule is CCCO[C@@H]1CC[C@H](C(=O)N2CCCCC2)C[C@H]1NC(=O)c1ncccc1C. The van der Waals surface area contributed by atoms with Crippen molar-refractivity contribution in [1.82, 2.24) is 15.2 Å². The maximum Gasteiger partial charge on any atom is 0.270 e. The lowest BCUT2D eigenvalue weighted by atomic mass is 9.82. The Bertz CT molecular complexity index is 673. The summed E-state index contributed by atoms with van der Waals surface area (Å²) in [7, 11) is 0. The smallest absolute Gasteiger partial charge is 0.270 e. The van der Waals surface area contributed by atoms with Crippen molar-refractivity contribution in [1.29, 1.82) is 0 Å². The van der Waals surface area contributed by atoms with Crippen LogP contribution in [-0.4, -0.2) is 53.5 Å². The molecule has 2 fully saturated rings. The number of hydrogen-bond acceptors (Lipinski definition) is 4. The molecule has 1 saturated carbocycles. The van der Waals surface area contributed by atoms with Gasteiger partial charge in [0.25, 0.3) is 5.91 Å². The Morgan fingerprint density at radius 1 is 1.25 bits per heavy atom. The summed E-state index contributed by atoms with van der Waals surface area (Å²) in [5, 5.41) is 3.13. The molecule has 2 aliphatic rings. The van der Waals surface area contributed by atoms with E-state index in [1.807, 2.05) is 24.0 Å². The van der Waals surface area contributed by atoms with Crippen molar-refractivity contribution in [3.8, 4) is 0 Å². The van der Waals surface area contributed by atoms with Crippen LogP contribution in [-0.2, 0) is 9.53 Å². The number of pyridine rings is 1. The molecule has 0 spiro atoms. The van der Waals surface area contributed by atoms with Crippen molar-refractivity contribution >= 4 is 11.8 Å². The number of piperidine rings is 1.